The lowest BCUT2D eigenvalue weighted by atomic mass is 9.64. The normalized spacial score (nSPS) is 23.8. The fourth-order valence-corrected chi connectivity index (χ4v) is 3.11. The Labute approximate surface area is 125 Å². The van der Waals surface area contributed by atoms with Crippen LogP contribution in [0.5, 0.6) is 0 Å². The van der Waals surface area contributed by atoms with Gasteiger partial charge in [0.2, 0.25) is 0 Å². The predicted octanol–water partition coefficient (Wildman–Crippen LogP) is 3.43. The molecule has 2 aromatic rings. The molecule has 1 heterocycles. The van der Waals surface area contributed by atoms with Gasteiger partial charge in [-0.25, -0.2) is 0 Å². The van der Waals surface area contributed by atoms with Crippen molar-refractivity contribution in [3.63, 3.8) is 0 Å². The van der Waals surface area contributed by atoms with Gasteiger partial charge < -0.3 is 15.8 Å². The van der Waals surface area contributed by atoms with E-state index >= 15 is 0 Å². The molecule has 3 N–H and O–H groups in total. The van der Waals surface area contributed by atoms with Crippen molar-refractivity contribution >= 4 is 22.3 Å². The van der Waals surface area contributed by atoms with Gasteiger partial charge in [0.1, 0.15) is 0 Å². The van der Waals surface area contributed by atoms with Gasteiger partial charge in [-0.1, -0.05) is 13.8 Å². The zero-order valence-electron chi connectivity index (χ0n) is 12.9. The summed E-state index contributed by atoms with van der Waals surface area (Å²) in [7, 11) is 0. The van der Waals surface area contributed by atoms with Crippen molar-refractivity contribution in [2.45, 2.75) is 39.3 Å². The van der Waals surface area contributed by atoms with E-state index in [0.29, 0.717) is 12.1 Å². The number of nitrogen functional groups attached to an aromatic ring is 1. The fraction of sp³-hybridized carbons (Fsp3) is 0.471. The van der Waals surface area contributed by atoms with Gasteiger partial charge in [-0.05, 0) is 37.6 Å². The minimum atomic E-state index is 0.124. The lowest BCUT2D eigenvalue weighted by Crippen LogP contribution is -2.58. The number of rotatable bonds is 4. The number of nitrogens with one attached hydrogen (secondary N) is 1. The molecular formula is C17H23N3O. The van der Waals surface area contributed by atoms with Crippen molar-refractivity contribution in [2.75, 3.05) is 17.7 Å². The molecule has 1 aromatic heterocycles. The molecule has 1 aromatic carbocycles. The second-order valence-corrected chi connectivity index (χ2v) is 6.30. The zero-order valence-corrected chi connectivity index (χ0v) is 12.9. The summed E-state index contributed by atoms with van der Waals surface area (Å²) in [6.45, 7) is 7.32. The van der Waals surface area contributed by atoms with Crippen LogP contribution < -0.4 is 11.1 Å². The summed E-state index contributed by atoms with van der Waals surface area (Å²) in [5.74, 6) is 0. The molecule has 21 heavy (non-hydrogen) atoms. The van der Waals surface area contributed by atoms with Crippen LogP contribution in [0.1, 0.15) is 27.2 Å². The first-order valence-corrected chi connectivity index (χ1v) is 7.55. The SMILES string of the molecule is CCOC1CC(Nc2ccc(N)c3cccnc23)C1(C)C. The van der Waals surface area contributed by atoms with Crippen LogP contribution in [-0.4, -0.2) is 23.7 Å². The Balaban J connectivity index is 1.85. The molecule has 1 aliphatic rings. The maximum Gasteiger partial charge on any atom is 0.0953 e. The molecular weight excluding hydrogens is 262 g/mol. The molecule has 1 aliphatic carbocycles. The number of hydrogen-bond acceptors (Lipinski definition) is 4. The number of anilines is 2. The van der Waals surface area contributed by atoms with Crippen LogP contribution in [0.2, 0.25) is 0 Å². The Kier molecular flexibility index (Phi) is 3.49. The Morgan fingerprint density at radius 2 is 2.19 bits per heavy atom. The summed E-state index contributed by atoms with van der Waals surface area (Å²) in [6, 6.07) is 8.29. The van der Waals surface area contributed by atoms with E-state index < -0.39 is 0 Å². The molecule has 0 spiro atoms. The smallest absolute Gasteiger partial charge is 0.0953 e. The van der Waals surface area contributed by atoms with Crippen LogP contribution in [0.3, 0.4) is 0 Å². The molecule has 4 heteroatoms. The van der Waals surface area contributed by atoms with Gasteiger partial charge in [-0.3, -0.25) is 4.98 Å². The highest BCUT2D eigenvalue weighted by Crippen LogP contribution is 2.45. The van der Waals surface area contributed by atoms with Gasteiger partial charge in [-0.2, -0.15) is 0 Å². The molecule has 0 amide bonds. The zero-order chi connectivity index (χ0) is 15.0. The lowest BCUT2D eigenvalue weighted by molar-refractivity contribution is -0.0975. The Bertz CT molecular complexity index is 654. The number of ether oxygens (including phenoxy) is 1. The van der Waals surface area contributed by atoms with Crippen LogP contribution in [-0.2, 0) is 4.74 Å². The fourth-order valence-electron chi connectivity index (χ4n) is 3.11. The van der Waals surface area contributed by atoms with Crippen molar-refractivity contribution in [1.29, 1.82) is 0 Å². The summed E-state index contributed by atoms with van der Waals surface area (Å²) >= 11 is 0. The molecule has 0 aliphatic heterocycles. The largest absolute Gasteiger partial charge is 0.398 e. The molecule has 1 saturated carbocycles. The number of hydrogen-bond donors (Lipinski definition) is 2. The van der Waals surface area contributed by atoms with E-state index in [9.17, 15) is 0 Å². The van der Waals surface area contributed by atoms with Crippen molar-refractivity contribution in [3.05, 3.63) is 30.5 Å². The first-order chi connectivity index (χ1) is 10.0. The summed E-state index contributed by atoms with van der Waals surface area (Å²) in [5, 5.41) is 4.63. The molecule has 112 valence electrons. The minimum Gasteiger partial charge on any atom is -0.398 e. The van der Waals surface area contributed by atoms with Crippen LogP contribution >= 0.6 is 0 Å². The van der Waals surface area contributed by atoms with Crippen molar-refractivity contribution in [2.24, 2.45) is 5.41 Å². The summed E-state index contributed by atoms with van der Waals surface area (Å²) in [5.41, 5.74) is 8.91. The number of nitrogens with zero attached hydrogens (tertiary/aromatic N) is 1. The molecule has 1 fully saturated rings. The van der Waals surface area contributed by atoms with E-state index in [4.69, 9.17) is 10.5 Å². The van der Waals surface area contributed by atoms with Gasteiger partial charge >= 0.3 is 0 Å². The Morgan fingerprint density at radius 3 is 2.90 bits per heavy atom. The van der Waals surface area contributed by atoms with Crippen LogP contribution in [0.4, 0.5) is 11.4 Å². The summed E-state index contributed by atoms with van der Waals surface area (Å²) in [6.07, 6.45) is 3.16. The quantitative estimate of drug-likeness (QED) is 0.845. The van der Waals surface area contributed by atoms with Gasteiger partial charge in [0.05, 0.1) is 17.3 Å². The minimum absolute atomic E-state index is 0.124. The highest BCUT2D eigenvalue weighted by Gasteiger charge is 2.49. The Hall–Kier alpha value is -1.81. The van der Waals surface area contributed by atoms with E-state index in [2.05, 4.69) is 24.1 Å². The number of aromatic nitrogens is 1. The first kappa shape index (κ1) is 14.1. The molecule has 3 rings (SSSR count). The molecule has 0 bridgehead atoms. The van der Waals surface area contributed by atoms with Crippen molar-refractivity contribution in [1.82, 2.24) is 4.98 Å². The maximum absolute atomic E-state index is 6.03. The third kappa shape index (κ3) is 2.33. The van der Waals surface area contributed by atoms with Gasteiger partial charge in [-0.15, -0.1) is 0 Å². The third-order valence-electron chi connectivity index (χ3n) is 4.68. The monoisotopic (exact) mass is 285 g/mol. The molecule has 2 unspecified atom stereocenters. The number of fused-ring (bicyclic) bond motifs is 1. The van der Waals surface area contributed by atoms with Crippen molar-refractivity contribution < 1.29 is 4.74 Å². The van der Waals surface area contributed by atoms with Gasteiger partial charge in [0.25, 0.3) is 0 Å². The number of nitrogens with two attached hydrogens (primary N) is 1. The third-order valence-corrected chi connectivity index (χ3v) is 4.68. The highest BCUT2D eigenvalue weighted by atomic mass is 16.5. The van der Waals surface area contributed by atoms with Crippen LogP contribution in [0.15, 0.2) is 30.5 Å². The molecule has 0 radical (unpaired) electrons. The highest BCUT2D eigenvalue weighted by molar-refractivity contribution is 5.98. The average molecular weight is 285 g/mol. The van der Waals surface area contributed by atoms with Gasteiger partial charge in [0, 0.05) is 35.3 Å². The maximum atomic E-state index is 6.03. The van der Waals surface area contributed by atoms with E-state index in [1.54, 1.807) is 0 Å². The van der Waals surface area contributed by atoms with E-state index in [-0.39, 0.29) is 5.41 Å². The van der Waals surface area contributed by atoms with E-state index in [1.807, 2.05) is 37.4 Å². The molecule has 4 nitrogen and oxygen atoms in total. The average Bonchev–Trinajstić information content (AvgIpc) is 2.49. The van der Waals surface area contributed by atoms with Crippen molar-refractivity contribution in [3.8, 4) is 0 Å². The standard InChI is InChI=1S/C17H23N3O/c1-4-21-15-10-14(17(15,2)3)20-13-8-7-12(18)11-6-5-9-19-16(11)13/h5-9,14-15,20H,4,10,18H2,1-3H3. The topological polar surface area (TPSA) is 60.2 Å². The predicted molar refractivity (Wildman–Crippen MR) is 87.4 cm³/mol. The van der Waals surface area contributed by atoms with E-state index in [0.717, 1.165) is 35.3 Å². The lowest BCUT2D eigenvalue weighted by Gasteiger charge is -2.52. The van der Waals surface area contributed by atoms with E-state index in [1.165, 1.54) is 0 Å². The summed E-state index contributed by atoms with van der Waals surface area (Å²) < 4.78 is 5.79. The van der Waals surface area contributed by atoms with Gasteiger partial charge in [0.15, 0.2) is 0 Å². The Morgan fingerprint density at radius 1 is 1.38 bits per heavy atom. The summed E-state index contributed by atoms with van der Waals surface area (Å²) in [4.78, 5) is 4.48. The van der Waals surface area contributed by atoms with Crippen LogP contribution in [0.25, 0.3) is 10.9 Å². The molecule has 2 atom stereocenters. The second kappa shape index (κ2) is 5.19. The second-order valence-electron chi connectivity index (χ2n) is 6.30. The van der Waals surface area contributed by atoms with Crippen LogP contribution in [0, 0.1) is 5.41 Å². The number of benzene rings is 1. The number of pyridine rings is 1. The first-order valence-electron chi connectivity index (χ1n) is 7.55. The molecule has 0 saturated heterocycles.